The van der Waals surface area contributed by atoms with E-state index in [9.17, 15) is 0 Å². The van der Waals surface area contributed by atoms with Gasteiger partial charge in [0.25, 0.3) is 0 Å². The first-order chi connectivity index (χ1) is 13.8. The second-order valence-electron chi connectivity index (χ2n) is 6.94. The molecule has 0 saturated heterocycles. The molecule has 1 atom stereocenters. The van der Waals surface area contributed by atoms with E-state index in [0.29, 0.717) is 0 Å². The van der Waals surface area contributed by atoms with Crippen LogP contribution in [0.5, 0.6) is 0 Å². The molecule has 2 heterocycles. The zero-order chi connectivity index (χ0) is 19.2. The van der Waals surface area contributed by atoms with Gasteiger partial charge in [-0.05, 0) is 30.2 Å². The number of pyridine rings is 1. The van der Waals surface area contributed by atoms with Crippen LogP contribution in [0.25, 0.3) is 11.3 Å². The van der Waals surface area contributed by atoms with Gasteiger partial charge in [0.15, 0.2) is 0 Å². The van der Waals surface area contributed by atoms with Crippen LogP contribution in [-0.2, 0) is 13.1 Å². The predicted molar refractivity (Wildman–Crippen MR) is 113 cm³/mol. The summed E-state index contributed by atoms with van der Waals surface area (Å²) in [5.41, 5.74) is 5.71. The average Bonchev–Trinajstić information content (AvgIpc) is 3.16. The van der Waals surface area contributed by atoms with Gasteiger partial charge in [0.05, 0.1) is 12.2 Å². The molecule has 1 N–H and O–H groups in total. The van der Waals surface area contributed by atoms with E-state index >= 15 is 0 Å². The van der Waals surface area contributed by atoms with Crippen LogP contribution in [0, 0.1) is 0 Å². The Morgan fingerprint density at radius 1 is 0.929 bits per heavy atom. The molecular formula is C24H24N4. The molecule has 4 rings (SSSR count). The molecule has 0 amide bonds. The number of aromatic nitrogens is 3. The van der Waals surface area contributed by atoms with Gasteiger partial charge in [0, 0.05) is 42.3 Å². The second kappa shape index (κ2) is 8.63. The van der Waals surface area contributed by atoms with Gasteiger partial charge >= 0.3 is 0 Å². The molecule has 0 spiro atoms. The molecule has 0 radical (unpaired) electrons. The highest BCUT2D eigenvalue weighted by Crippen LogP contribution is 2.23. The van der Waals surface area contributed by atoms with Crippen LogP contribution in [0.1, 0.15) is 29.7 Å². The highest BCUT2D eigenvalue weighted by Gasteiger charge is 2.13. The van der Waals surface area contributed by atoms with Gasteiger partial charge in [-0.2, -0.15) is 5.10 Å². The first kappa shape index (κ1) is 18.1. The average molecular weight is 368 g/mol. The number of rotatable bonds is 7. The molecule has 0 aliphatic carbocycles. The van der Waals surface area contributed by atoms with E-state index < -0.39 is 0 Å². The van der Waals surface area contributed by atoms with Gasteiger partial charge in [-0.15, -0.1) is 0 Å². The minimum absolute atomic E-state index is 0.264. The van der Waals surface area contributed by atoms with Crippen LogP contribution in [-0.4, -0.2) is 14.8 Å². The Hall–Kier alpha value is -3.24. The molecule has 140 valence electrons. The molecule has 2 aromatic carbocycles. The van der Waals surface area contributed by atoms with Crippen LogP contribution in [0.3, 0.4) is 0 Å². The number of nitrogens with zero attached hydrogens (tertiary/aromatic N) is 3. The maximum Gasteiger partial charge on any atom is 0.0983 e. The molecule has 0 aliphatic rings. The fourth-order valence-corrected chi connectivity index (χ4v) is 3.31. The first-order valence-corrected chi connectivity index (χ1v) is 9.58. The van der Waals surface area contributed by atoms with Gasteiger partial charge in [0.2, 0.25) is 0 Å². The minimum atomic E-state index is 0.264. The third-order valence-corrected chi connectivity index (χ3v) is 4.86. The topological polar surface area (TPSA) is 42.7 Å². The molecular weight excluding hydrogens is 344 g/mol. The summed E-state index contributed by atoms with van der Waals surface area (Å²) in [5.74, 6) is 0. The van der Waals surface area contributed by atoms with E-state index in [1.807, 2.05) is 29.1 Å². The fraction of sp³-hybridized carbons (Fsp3) is 0.167. The summed E-state index contributed by atoms with van der Waals surface area (Å²) in [7, 11) is 0. The SMILES string of the molecule is C[C@H](NCc1cn(Cc2ccccc2)nc1-c1cccnc1)c1ccccc1. The van der Waals surface area contributed by atoms with E-state index in [1.54, 1.807) is 6.20 Å². The van der Waals surface area contributed by atoms with Crippen LogP contribution < -0.4 is 5.32 Å². The second-order valence-corrected chi connectivity index (χ2v) is 6.94. The van der Waals surface area contributed by atoms with Crippen molar-refractivity contribution in [3.8, 4) is 11.3 Å². The van der Waals surface area contributed by atoms with Crippen LogP contribution >= 0.6 is 0 Å². The van der Waals surface area contributed by atoms with Gasteiger partial charge < -0.3 is 5.32 Å². The van der Waals surface area contributed by atoms with Crippen molar-refractivity contribution in [3.05, 3.63) is 108 Å². The molecule has 28 heavy (non-hydrogen) atoms. The molecule has 2 aromatic heterocycles. The molecule has 0 aliphatic heterocycles. The van der Waals surface area contributed by atoms with E-state index in [1.165, 1.54) is 16.7 Å². The zero-order valence-electron chi connectivity index (χ0n) is 16.0. The number of hydrogen-bond donors (Lipinski definition) is 1. The highest BCUT2D eigenvalue weighted by molar-refractivity contribution is 5.61. The lowest BCUT2D eigenvalue weighted by Gasteiger charge is -2.14. The lowest BCUT2D eigenvalue weighted by Crippen LogP contribution is -2.18. The molecule has 4 nitrogen and oxygen atoms in total. The summed E-state index contributed by atoms with van der Waals surface area (Å²) in [4.78, 5) is 4.27. The van der Waals surface area contributed by atoms with Crippen molar-refractivity contribution < 1.29 is 0 Å². The Morgan fingerprint density at radius 3 is 2.39 bits per heavy atom. The molecule has 4 heteroatoms. The lowest BCUT2D eigenvalue weighted by atomic mass is 10.1. The monoisotopic (exact) mass is 368 g/mol. The van der Waals surface area contributed by atoms with Crippen molar-refractivity contribution in [2.45, 2.75) is 26.1 Å². The molecule has 0 fully saturated rings. The number of nitrogens with one attached hydrogen (secondary N) is 1. The Bertz CT molecular complexity index is 995. The summed E-state index contributed by atoms with van der Waals surface area (Å²) >= 11 is 0. The van der Waals surface area contributed by atoms with Crippen LogP contribution in [0.2, 0.25) is 0 Å². The van der Waals surface area contributed by atoms with Crippen molar-refractivity contribution in [2.24, 2.45) is 0 Å². The van der Waals surface area contributed by atoms with Crippen molar-refractivity contribution in [1.82, 2.24) is 20.1 Å². The highest BCUT2D eigenvalue weighted by atomic mass is 15.3. The Morgan fingerprint density at radius 2 is 1.68 bits per heavy atom. The standard InChI is InChI=1S/C24H24N4/c1-19(21-11-6-3-7-12-21)26-16-23-18-28(17-20-9-4-2-5-10-20)27-24(23)22-13-8-14-25-15-22/h2-15,18-19,26H,16-17H2,1H3/t19-/m0/s1. The summed E-state index contributed by atoms with van der Waals surface area (Å²) < 4.78 is 2.02. The van der Waals surface area contributed by atoms with E-state index in [2.05, 4.69) is 78.0 Å². The third kappa shape index (κ3) is 4.35. The molecule has 0 saturated carbocycles. The minimum Gasteiger partial charge on any atom is -0.306 e. The summed E-state index contributed by atoms with van der Waals surface area (Å²) in [5, 5.41) is 8.49. The maximum atomic E-state index is 4.86. The smallest absolute Gasteiger partial charge is 0.0983 e. The van der Waals surface area contributed by atoms with Gasteiger partial charge in [-0.3, -0.25) is 9.67 Å². The molecule has 4 aromatic rings. The van der Waals surface area contributed by atoms with Crippen molar-refractivity contribution >= 4 is 0 Å². The van der Waals surface area contributed by atoms with E-state index in [4.69, 9.17) is 5.10 Å². The fourth-order valence-electron chi connectivity index (χ4n) is 3.31. The van der Waals surface area contributed by atoms with Crippen LogP contribution in [0.4, 0.5) is 0 Å². The first-order valence-electron chi connectivity index (χ1n) is 9.58. The summed E-state index contributed by atoms with van der Waals surface area (Å²) in [6, 6.07) is 25.2. The van der Waals surface area contributed by atoms with Crippen molar-refractivity contribution in [3.63, 3.8) is 0 Å². The molecule has 0 unspecified atom stereocenters. The Balaban J connectivity index is 1.57. The third-order valence-electron chi connectivity index (χ3n) is 4.86. The van der Waals surface area contributed by atoms with E-state index in [-0.39, 0.29) is 6.04 Å². The zero-order valence-corrected chi connectivity index (χ0v) is 16.0. The van der Waals surface area contributed by atoms with Crippen molar-refractivity contribution in [2.75, 3.05) is 0 Å². The predicted octanol–water partition coefficient (Wildman–Crippen LogP) is 4.84. The van der Waals surface area contributed by atoms with Gasteiger partial charge in [0.1, 0.15) is 0 Å². The van der Waals surface area contributed by atoms with Gasteiger partial charge in [-0.1, -0.05) is 60.7 Å². The van der Waals surface area contributed by atoms with Crippen molar-refractivity contribution in [1.29, 1.82) is 0 Å². The normalized spacial score (nSPS) is 12.0. The number of benzene rings is 2. The van der Waals surface area contributed by atoms with Crippen LogP contribution in [0.15, 0.2) is 91.4 Å². The Labute approximate surface area is 165 Å². The maximum absolute atomic E-state index is 4.86. The number of hydrogen-bond acceptors (Lipinski definition) is 3. The van der Waals surface area contributed by atoms with Gasteiger partial charge in [-0.25, -0.2) is 0 Å². The Kier molecular flexibility index (Phi) is 5.59. The largest absolute Gasteiger partial charge is 0.306 e. The summed E-state index contributed by atoms with van der Waals surface area (Å²) in [6.07, 6.45) is 5.80. The molecule has 0 bridgehead atoms. The van der Waals surface area contributed by atoms with E-state index in [0.717, 1.165) is 24.3 Å². The quantitative estimate of drug-likeness (QED) is 0.507. The summed E-state index contributed by atoms with van der Waals surface area (Å²) in [6.45, 7) is 3.69. The lowest BCUT2D eigenvalue weighted by molar-refractivity contribution is 0.574.